The molecular weight excluding hydrogens is 320 g/mol. The first-order chi connectivity index (χ1) is 9.72. The zero-order chi connectivity index (χ0) is 14.4. The van der Waals surface area contributed by atoms with E-state index in [4.69, 9.17) is 5.11 Å². The van der Waals surface area contributed by atoms with Gasteiger partial charge in [0.05, 0.1) is 12.2 Å². The van der Waals surface area contributed by atoms with E-state index in [0.29, 0.717) is 16.7 Å². The smallest absolute Gasteiger partial charge is 0.256 e. The van der Waals surface area contributed by atoms with Crippen molar-refractivity contribution in [3.8, 4) is 0 Å². The molecule has 0 spiro atoms. The second-order valence-electron chi connectivity index (χ2n) is 4.28. The number of halogens is 1. The summed E-state index contributed by atoms with van der Waals surface area (Å²) in [6.45, 7) is 0.674. The van der Waals surface area contributed by atoms with E-state index in [1.165, 1.54) is 0 Å². The van der Waals surface area contributed by atoms with E-state index in [1.54, 1.807) is 23.2 Å². The van der Waals surface area contributed by atoms with E-state index < -0.39 is 0 Å². The maximum atomic E-state index is 12.5. The molecule has 104 valence electrons. The zero-order valence-electron chi connectivity index (χ0n) is 10.9. The highest BCUT2D eigenvalue weighted by atomic mass is 79.9. The first-order valence-electron chi connectivity index (χ1n) is 6.27. The number of nitrogens with zero attached hydrogens (tertiary/aromatic N) is 2. The average Bonchev–Trinajstić information content (AvgIpc) is 2.48. The third kappa shape index (κ3) is 3.65. The van der Waals surface area contributed by atoms with E-state index in [2.05, 4.69) is 20.9 Å². The van der Waals surface area contributed by atoms with Gasteiger partial charge in [0.25, 0.3) is 5.91 Å². The number of amides is 1. The minimum absolute atomic E-state index is 0.0730. The monoisotopic (exact) mass is 334 g/mol. The highest BCUT2D eigenvalue weighted by molar-refractivity contribution is 9.10. The molecule has 4 nitrogen and oxygen atoms in total. The Balaban J connectivity index is 2.20. The summed E-state index contributed by atoms with van der Waals surface area (Å²) < 4.78 is 0.515. The minimum atomic E-state index is -0.150. The molecule has 2 aromatic rings. The number of aromatic nitrogens is 1. The normalized spacial score (nSPS) is 10.3. The third-order valence-corrected chi connectivity index (χ3v) is 3.49. The fraction of sp³-hybridized carbons (Fsp3) is 0.200. The van der Waals surface area contributed by atoms with Crippen LogP contribution in [0.25, 0.3) is 0 Å². The first-order valence-corrected chi connectivity index (χ1v) is 7.06. The van der Waals surface area contributed by atoms with Gasteiger partial charge in [-0.1, -0.05) is 30.3 Å². The van der Waals surface area contributed by atoms with Gasteiger partial charge >= 0.3 is 0 Å². The summed E-state index contributed by atoms with van der Waals surface area (Å²) in [5.74, 6) is -0.150. The molecule has 0 fully saturated rings. The lowest BCUT2D eigenvalue weighted by molar-refractivity contribution is 0.0706. The number of carbonyl (C=O) groups excluding carboxylic acids is 1. The van der Waals surface area contributed by atoms with Crippen molar-refractivity contribution in [1.29, 1.82) is 0 Å². The average molecular weight is 335 g/mol. The molecule has 20 heavy (non-hydrogen) atoms. The van der Waals surface area contributed by atoms with Crippen molar-refractivity contribution in [3.05, 3.63) is 64.4 Å². The van der Waals surface area contributed by atoms with Crippen LogP contribution < -0.4 is 0 Å². The molecule has 1 aromatic heterocycles. The SMILES string of the molecule is O=C(c1cccnc1Br)N(CCO)Cc1ccccc1. The summed E-state index contributed by atoms with van der Waals surface area (Å²) >= 11 is 3.28. The van der Waals surface area contributed by atoms with E-state index in [-0.39, 0.29) is 19.1 Å². The standard InChI is InChI=1S/C15H15BrN2O2/c16-14-13(7-4-8-17-14)15(20)18(9-10-19)11-12-5-2-1-3-6-12/h1-8,19H,9-11H2. The molecule has 1 N–H and O–H groups in total. The second-order valence-corrected chi connectivity index (χ2v) is 5.03. The van der Waals surface area contributed by atoms with Crippen LogP contribution in [0.4, 0.5) is 0 Å². The summed E-state index contributed by atoms with van der Waals surface area (Å²) in [4.78, 5) is 18.2. The summed E-state index contributed by atoms with van der Waals surface area (Å²) in [5.41, 5.74) is 1.52. The molecule has 1 aromatic carbocycles. The number of aliphatic hydroxyl groups excluding tert-OH is 1. The van der Waals surface area contributed by atoms with Crippen LogP contribution in [0.5, 0.6) is 0 Å². The lowest BCUT2D eigenvalue weighted by Gasteiger charge is -2.22. The molecule has 2 rings (SSSR count). The molecule has 0 aliphatic carbocycles. The molecule has 0 aliphatic rings. The highest BCUT2D eigenvalue weighted by Crippen LogP contribution is 2.16. The van der Waals surface area contributed by atoms with Crippen molar-refractivity contribution >= 4 is 21.8 Å². The van der Waals surface area contributed by atoms with Crippen molar-refractivity contribution in [2.75, 3.05) is 13.2 Å². The fourth-order valence-electron chi connectivity index (χ4n) is 1.89. The summed E-state index contributed by atoms with van der Waals surface area (Å²) in [6.07, 6.45) is 1.62. The molecule has 0 unspecified atom stereocenters. The summed E-state index contributed by atoms with van der Waals surface area (Å²) in [6, 6.07) is 13.1. The summed E-state index contributed by atoms with van der Waals surface area (Å²) in [5, 5.41) is 9.16. The van der Waals surface area contributed by atoms with Gasteiger partial charge in [0.2, 0.25) is 0 Å². The second kappa shape index (κ2) is 7.17. The Hall–Kier alpha value is -1.72. The zero-order valence-corrected chi connectivity index (χ0v) is 12.5. The maximum Gasteiger partial charge on any atom is 0.256 e. The molecule has 0 atom stereocenters. The maximum absolute atomic E-state index is 12.5. The van der Waals surface area contributed by atoms with Crippen LogP contribution >= 0.6 is 15.9 Å². The molecule has 1 heterocycles. The van der Waals surface area contributed by atoms with Crippen molar-refractivity contribution in [2.45, 2.75) is 6.54 Å². The van der Waals surface area contributed by atoms with Crippen LogP contribution in [0.1, 0.15) is 15.9 Å². The lowest BCUT2D eigenvalue weighted by atomic mass is 10.2. The molecule has 1 amide bonds. The molecule has 0 bridgehead atoms. The first kappa shape index (κ1) is 14.7. The van der Waals surface area contributed by atoms with Gasteiger partial charge in [-0.2, -0.15) is 0 Å². The van der Waals surface area contributed by atoms with E-state index >= 15 is 0 Å². The van der Waals surface area contributed by atoms with E-state index in [0.717, 1.165) is 5.56 Å². The Morgan fingerprint density at radius 2 is 1.95 bits per heavy atom. The van der Waals surface area contributed by atoms with Crippen LogP contribution in [0.15, 0.2) is 53.3 Å². The van der Waals surface area contributed by atoms with Crippen LogP contribution in [0.2, 0.25) is 0 Å². The number of carbonyl (C=O) groups is 1. The third-order valence-electron chi connectivity index (χ3n) is 2.86. The van der Waals surface area contributed by atoms with Crippen LogP contribution in [0, 0.1) is 0 Å². The van der Waals surface area contributed by atoms with Crippen LogP contribution in [0.3, 0.4) is 0 Å². The van der Waals surface area contributed by atoms with Gasteiger partial charge in [0.1, 0.15) is 4.60 Å². The van der Waals surface area contributed by atoms with Gasteiger partial charge in [-0.15, -0.1) is 0 Å². The molecule has 5 heteroatoms. The topological polar surface area (TPSA) is 53.4 Å². The number of benzene rings is 1. The predicted octanol–water partition coefficient (Wildman–Crippen LogP) is 2.48. The Kier molecular flexibility index (Phi) is 5.26. The van der Waals surface area contributed by atoms with Gasteiger partial charge in [0, 0.05) is 19.3 Å². The molecule has 0 saturated carbocycles. The Labute approximate surface area is 126 Å². The van der Waals surface area contributed by atoms with Crippen molar-refractivity contribution in [2.24, 2.45) is 0 Å². The van der Waals surface area contributed by atoms with Crippen LogP contribution in [-0.2, 0) is 6.54 Å². The number of hydrogen-bond donors (Lipinski definition) is 1. The molecule has 0 saturated heterocycles. The van der Waals surface area contributed by atoms with Gasteiger partial charge in [0.15, 0.2) is 0 Å². The van der Waals surface area contributed by atoms with Crippen LogP contribution in [-0.4, -0.2) is 34.0 Å². The van der Waals surface area contributed by atoms with Crippen molar-refractivity contribution in [3.63, 3.8) is 0 Å². The van der Waals surface area contributed by atoms with Gasteiger partial charge in [-0.25, -0.2) is 4.98 Å². The molecular formula is C15H15BrN2O2. The Bertz CT molecular complexity index is 575. The number of pyridine rings is 1. The largest absolute Gasteiger partial charge is 0.395 e. The Morgan fingerprint density at radius 1 is 1.20 bits per heavy atom. The van der Waals surface area contributed by atoms with Gasteiger partial charge in [-0.05, 0) is 33.6 Å². The Morgan fingerprint density at radius 3 is 2.60 bits per heavy atom. The lowest BCUT2D eigenvalue weighted by Crippen LogP contribution is -2.33. The van der Waals surface area contributed by atoms with Crippen molar-refractivity contribution in [1.82, 2.24) is 9.88 Å². The van der Waals surface area contributed by atoms with Crippen molar-refractivity contribution < 1.29 is 9.90 Å². The molecule has 0 aliphatic heterocycles. The quantitative estimate of drug-likeness (QED) is 0.854. The summed E-state index contributed by atoms with van der Waals surface area (Å²) in [7, 11) is 0. The molecule has 0 radical (unpaired) electrons. The number of rotatable bonds is 5. The predicted molar refractivity (Wildman–Crippen MR) is 80.2 cm³/mol. The van der Waals surface area contributed by atoms with Gasteiger partial charge in [-0.3, -0.25) is 4.79 Å². The highest BCUT2D eigenvalue weighted by Gasteiger charge is 2.18. The van der Waals surface area contributed by atoms with Gasteiger partial charge < -0.3 is 10.0 Å². The fourth-order valence-corrected chi connectivity index (χ4v) is 2.31. The van der Waals surface area contributed by atoms with E-state index in [9.17, 15) is 4.79 Å². The van der Waals surface area contributed by atoms with E-state index in [1.807, 2.05) is 30.3 Å². The number of hydrogen-bond acceptors (Lipinski definition) is 3. The number of aliphatic hydroxyl groups is 1. The minimum Gasteiger partial charge on any atom is -0.395 e.